The Balaban J connectivity index is 1.89. The third-order valence-electron chi connectivity index (χ3n) is 4.94. The zero-order valence-corrected chi connectivity index (χ0v) is 17.4. The number of esters is 1. The van der Waals surface area contributed by atoms with Crippen LogP contribution in [0.2, 0.25) is 0 Å². The normalized spacial score (nSPS) is 13.1. The van der Waals surface area contributed by atoms with Crippen molar-refractivity contribution in [2.75, 3.05) is 7.11 Å². The lowest BCUT2D eigenvalue weighted by molar-refractivity contribution is -0.146. The largest absolute Gasteiger partial charge is 0.467 e. The number of benzene rings is 1. The standard InChI is InChI=1S/C21H23N3O4S/c1-4-13(2)18(21(27)28-3)23-16(25)10-24-12-22-19-17(20(24)26)15(11-29-19)14-8-6-5-7-9-14/h5-9,11-13,18H,4,10H2,1-3H3,(H,23,25)/t13-,18-/m1/s1. The Morgan fingerprint density at radius 1 is 1.28 bits per heavy atom. The van der Waals surface area contributed by atoms with Gasteiger partial charge in [0, 0.05) is 10.9 Å². The Bertz CT molecular complexity index is 1070. The molecule has 7 nitrogen and oxygen atoms in total. The Kier molecular flexibility index (Phi) is 6.43. The number of aromatic nitrogens is 2. The summed E-state index contributed by atoms with van der Waals surface area (Å²) in [6.45, 7) is 3.56. The summed E-state index contributed by atoms with van der Waals surface area (Å²) in [6, 6.07) is 8.82. The number of hydrogen-bond donors (Lipinski definition) is 1. The van der Waals surface area contributed by atoms with Crippen molar-refractivity contribution in [3.05, 3.63) is 52.4 Å². The summed E-state index contributed by atoms with van der Waals surface area (Å²) < 4.78 is 6.05. The first-order chi connectivity index (χ1) is 14.0. The molecule has 0 bridgehead atoms. The number of carbonyl (C=O) groups is 2. The molecule has 2 heterocycles. The van der Waals surface area contributed by atoms with E-state index in [1.54, 1.807) is 0 Å². The maximum absolute atomic E-state index is 13.0. The Labute approximate surface area is 172 Å². The van der Waals surface area contributed by atoms with Crippen molar-refractivity contribution in [2.24, 2.45) is 5.92 Å². The lowest BCUT2D eigenvalue weighted by Crippen LogP contribution is -2.47. The van der Waals surface area contributed by atoms with Gasteiger partial charge in [0.1, 0.15) is 17.4 Å². The Morgan fingerprint density at radius 2 is 2.00 bits per heavy atom. The summed E-state index contributed by atoms with van der Waals surface area (Å²) in [7, 11) is 1.29. The highest BCUT2D eigenvalue weighted by molar-refractivity contribution is 7.17. The molecule has 0 saturated heterocycles. The van der Waals surface area contributed by atoms with Gasteiger partial charge in [0.05, 0.1) is 18.8 Å². The van der Waals surface area contributed by atoms with E-state index in [-0.39, 0.29) is 18.0 Å². The molecule has 0 aliphatic carbocycles. The molecule has 8 heteroatoms. The molecule has 0 aliphatic heterocycles. The molecule has 3 rings (SSSR count). The molecular formula is C21H23N3O4S. The molecule has 0 radical (unpaired) electrons. The van der Waals surface area contributed by atoms with E-state index >= 15 is 0 Å². The highest BCUT2D eigenvalue weighted by atomic mass is 32.1. The number of nitrogens with zero attached hydrogens (tertiary/aromatic N) is 2. The maximum Gasteiger partial charge on any atom is 0.328 e. The number of rotatable bonds is 7. The minimum Gasteiger partial charge on any atom is -0.467 e. The molecule has 2 aromatic heterocycles. The molecule has 1 aromatic carbocycles. The van der Waals surface area contributed by atoms with Crippen LogP contribution >= 0.6 is 11.3 Å². The number of nitrogens with one attached hydrogen (secondary N) is 1. The van der Waals surface area contributed by atoms with Gasteiger partial charge in [-0.05, 0) is 11.5 Å². The fourth-order valence-corrected chi connectivity index (χ4v) is 3.99. The lowest BCUT2D eigenvalue weighted by Gasteiger charge is -2.22. The predicted octanol–water partition coefficient (Wildman–Crippen LogP) is 2.83. The number of thiophene rings is 1. The van der Waals surface area contributed by atoms with Crippen molar-refractivity contribution < 1.29 is 14.3 Å². The minimum absolute atomic E-state index is 0.0923. The highest BCUT2D eigenvalue weighted by Gasteiger charge is 2.27. The van der Waals surface area contributed by atoms with Gasteiger partial charge in [-0.3, -0.25) is 14.2 Å². The number of ether oxygens (including phenoxy) is 1. The predicted molar refractivity (Wildman–Crippen MR) is 113 cm³/mol. The fourth-order valence-electron chi connectivity index (χ4n) is 3.08. The second kappa shape index (κ2) is 9.00. The van der Waals surface area contributed by atoms with Crippen LogP contribution in [0, 0.1) is 5.92 Å². The number of fused-ring (bicyclic) bond motifs is 1. The quantitative estimate of drug-likeness (QED) is 0.602. The van der Waals surface area contributed by atoms with Gasteiger partial charge in [-0.25, -0.2) is 9.78 Å². The SMILES string of the molecule is CC[C@@H](C)[C@@H](NC(=O)Cn1cnc2scc(-c3ccccc3)c2c1=O)C(=O)OC. The third-order valence-corrected chi connectivity index (χ3v) is 5.83. The highest BCUT2D eigenvalue weighted by Crippen LogP contribution is 2.30. The van der Waals surface area contributed by atoms with E-state index in [9.17, 15) is 14.4 Å². The monoisotopic (exact) mass is 413 g/mol. The third kappa shape index (κ3) is 4.37. The number of carbonyl (C=O) groups excluding carboxylic acids is 2. The molecule has 29 heavy (non-hydrogen) atoms. The smallest absolute Gasteiger partial charge is 0.328 e. The van der Waals surface area contributed by atoms with Crippen LogP contribution in [-0.2, 0) is 20.9 Å². The summed E-state index contributed by atoms with van der Waals surface area (Å²) in [5.41, 5.74) is 1.43. The topological polar surface area (TPSA) is 90.3 Å². The van der Waals surface area contributed by atoms with Crippen molar-refractivity contribution in [3.8, 4) is 11.1 Å². The van der Waals surface area contributed by atoms with Gasteiger partial charge < -0.3 is 10.1 Å². The van der Waals surface area contributed by atoms with Crippen molar-refractivity contribution in [1.82, 2.24) is 14.9 Å². The van der Waals surface area contributed by atoms with E-state index in [4.69, 9.17) is 4.74 Å². The van der Waals surface area contributed by atoms with Crippen LogP contribution in [-0.4, -0.2) is 34.6 Å². The molecule has 0 aliphatic rings. The molecule has 0 fully saturated rings. The van der Waals surface area contributed by atoms with Crippen LogP contribution in [0.1, 0.15) is 20.3 Å². The van der Waals surface area contributed by atoms with Crippen LogP contribution in [0.3, 0.4) is 0 Å². The molecule has 152 valence electrons. The van der Waals surface area contributed by atoms with Crippen LogP contribution in [0.4, 0.5) is 0 Å². The molecule has 1 amide bonds. The van der Waals surface area contributed by atoms with E-state index in [2.05, 4.69) is 10.3 Å². The zero-order chi connectivity index (χ0) is 21.0. The minimum atomic E-state index is -0.758. The lowest BCUT2D eigenvalue weighted by atomic mass is 9.99. The Hall–Kier alpha value is -3.00. The molecule has 2 atom stereocenters. The second-order valence-electron chi connectivity index (χ2n) is 6.83. The first-order valence-electron chi connectivity index (χ1n) is 9.35. The van der Waals surface area contributed by atoms with Gasteiger partial charge in [0.2, 0.25) is 5.91 Å². The summed E-state index contributed by atoms with van der Waals surface area (Å²) in [6.07, 6.45) is 2.06. The average molecular weight is 413 g/mol. The summed E-state index contributed by atoms with van der Waals surface area (Å²) in [4.78, 5) is 42.5. The van der Waals surface area contributed by atoms with Crippen molar-refractivity contribution in [1.29, 1.82) is 0 Å². The first kappa shape index (κ1) is 20.7. The van der Waals surface area contributed by atoms with E-state index < -0.39 is 17.9 Å². The van der Waals surface area contributed by atoms with Crippen LogP contribution in [0.5, 0.6) is 0 Å². The maximum atomic E-state index is 13.0. The van der Waals surface area contributed by atoms with Crippen molar-refractivity contribution >= 4 is 33.4 Å². The van der Waals surface area contributed by atoms with Crippen molar-refractivity contribution in [3.63, 3.8) is 0 Å². The van der Waals surface area contributed by atoms with Crippen molar-refractivity contribution in [2.45, 2.75) is 32.9 Å². The van der Waals surface area contributed by atoms with Crippen LogP contribution in [0.15, 0.2) is 46.8 Å². The van der Waals surface area contributed by atoms with E-state index in [1.807, 2.05) is 49.6 Å². The van der Waals surface area contributed by atoms with E-state index in [0.29, 0.717) is 16.6 Å². The van der Waals surface area contributed by atoms with Gasteiger partial charge in [0.15, 0.2) is 0 Å². The van der Waals surface area contributed by atoms with Crippen LogP contribution < -0.4 is 10.9 Å². The number of hydrogen-bond acceptors (Lipinski definition) is 6. The molecule has 1 N–H and O–H groups in total. The summed E-state index contributed by atoms with van der Waals surface area (Å²) in [5.74, 6) is -1.04. The molecule has 0 spiro atoms. The molecular weight excluding hydrogens is 390 g/mol. The molecule has 0 saturated carbocycles. The number of amides is 1. The number of methoxy groups -OCH3 is 1. The zero-order valence-electron chi connectivity index (χ0n) is 16.5. The Morgan fingerprint density at radius 3 is 2.66 bits per heavy atom. The average Bonchev–Trinajstić information content (AvgIpc) is 3.18. The van der Waals surface area contributed by atoms with E-state index in [0.717, 1.165) is 11.1 Å². The van der Waals surface area contributed by atoms with Gasteiger partial charge in [-0.1, -0.05) is 50.6 Å². The van der Waals surface area contributed by atoms with Gasteiger partial charge in [-0.15, -0.1) is 11.3 Å². The second-order valence-corrected chi connectivity index (χ2v) is 7.69. The van der Waals surface area contributed by atoms with Gasteiger partial charge in [-0.2, -0.15) is 0 Å². The van der Waals surface area contributed by atoms with Gasteiger partial charge >= 0.3 is 5.97 Å². The first-order valence-corrected chi connectivity index (χ1v) is 10.2. The summed E-state index contributed by atoms with van der Waals surface area (Å²) >= 11 is 1.39. The molecule has 3 aromatic rings. The van der Waals surface area contributed by atoms with Crippen LogP contribution in [0.25, 0.3) is 21.3 Å². The van der Waals surface area contributed by atoms with Gasteiger partial charge in [0.25, 0.3) is 5.56 Å². The molecule has 0 unspecified atom stereocenters. The van der Waals surface area contributed by atoms with E-state index in [1.165, 1.54) is 29.3 Å². The summed E-state index contributed by atoms with van der Waals surface area (Å²) in [5, 5.41) is 5.07. The fraction of sp³-hybridized carbons (Fsp3) is 0.333.